The highest BCUT2D eigenvalue weighted by Gasteiger charge is 2.18. The summed E-state index contributed by atoms with van der Waals surface area (Å²) in [6, 6.07) is 44.3. The van der Waals surface area contributed by atoms with E-state index in [0.717, 1.165) is 38.4 Å². The Bertz CT molecular complexity index is 1840. The molecule has 0 radical (unpaired) electrons. The van der Waals surface area contributed by atoms with Gasteiger partial charge < -0.3 is 4.74 Å². The molecule has 2 nitrogen and oxygen atoms in total. The Labute approximate surface area is 215 Å². The highest BCUT2D eigenvalue weighted by molar-refractivity contribution is 6.17. The minimum atomic E-state index is 0.839. The predicted molar refractivity (Wildman–Crippen MR) is 154 cm³/mol. The molecule has 37 heavy (non-hydrogen) atoms. The molecular formula is C35H23NO. The molecule has 7 rings (SSSR count). The molecule has 0 unspecified atom stereocenters. The summed E-state index contributed by atoms with van der Waals surface area (Å²) in [6.45, 7) is 0. The van der Waals surface area contributed by atoms with Crippen molar-refractivity contribution in [1.29, 1.82) is 0 Å². The third kappa shape index (κ3) is 3.62. The molecule has 0 bridgehead atoms. The van der Waals surface area contributed by atoms with E-state index in [-0.39, 0.29) is 0 Å². The molecule has 0 aliphatic rings. The third-order valence-corrected chi connectivity index (χ3v) is 7.02. The Hall–Kier alpha value is -4.95. The maximum Gasteiger partial charge on any atom is 0.143 e. The Morgan fingerprint density at radius 2 is 1.03 bits per heavy atom. The average molecular weight is 474 g/mol. The van der Waals surface area contributed by atoms with Gasteiger partial charge in [-0.1, -0.05) is 115 Å². The molecule has 0 atom stereocenters. The molecule has 2 heteroatoms. The van der Waals surface area contributed by atoms with Crippen LogP contribution in [0.15, 0.2) is 140 Å². The Kier molecular flexibility index (Phi) is 5.15. The topological polar surface area (TPSA) is 22.1 Å². The molecule has 7 aromatic rings. The van der Waals surface area contributed by atoms with Gasteiger partial charge in [-0.3, -0.25) is 4.98 Å². The predicted octanol–water partition coefficient (Wildman–Crippen LogP) is 9.67. The highest BCUT2D eigenvalue weighted by Crippen LogP contribution is 2.45. The van der Waals surface area contributed by atoms with Crippen LogP contribution in [0.4, 0.5) is 0 Å². The lowest BCUT2D eigenvalue weighted by molar-refractivity contribution is 0.499. The van der Waals surface area contributed by atoms with Crippen molar-refractivity contribution in [2.45, 2.75) is 0 Å². The Balaban J connectivity index is 1.48. The summed E-state index contributed by atoms with van der Waals surface area (Å²) in [6.07, 6.45) is 3.79. The maximum atomic E-state index is 6.87. The molecule has 0 aliphatic carbocycles. The van der Waals surface area contributed by atoms with E-state index in [1.54, 1.807) is 0 Å². The number of rotatable bonds is 4. The van der Waals surface area contributed by atoms with Crippen molar-refractivity contribution in [3.05, 3.63) is 140 Å². The van der Waals surface area contributed by atoms with Gasteiger partial charge in [-0.2, -0.15) is 0 Å². The number of aromatic nitrogens is 1. The van der Waals surface area contributed by atoms with E-state index in [1.807, 2.05) is 24.5 Å². The fraction of sp³-hybridized carbons (Fsp3) is 0. The van der Waals surface area contributed by atoms with Crippen LogP contribution >= 0.6 is 0 Å². The van der Waals surface area contributed by atoms with Crippen molar-refractivity contribution in [2.24, 2.45) is 0 Å². The van der Waals surface area contributed by atoms with Gasteiger partial charge in [0.2, 0.25) is 0 Å². The van der Waals surface area contributed by atoms with Crippen molar-refractivity contribution < 1.29 is 4.74 Å². The maximum absolute atomic E-state index is 6.87. The van der Waals surface area contributed by atoms with E-state index in [0.29, 0.717) is 0 Å². The number of ether oxygens (including phenoxy) is 1. The molecule has 0 spiro atoms. The number of hydrogen-bond donors (Lipinski definition) is 0. The molecule has 0 fully saturated rings. The standard InChI is InChI=1S/C35H23NO/c1-3-11-24(12-4-1)26-19-20-33(28-16-8-7-15-27(26)28)37-35-30-18-10-9-17-29(30)34(25-13-5-2-6-14-25)32-23-36-22-21-31(32)35/h1-23H. The van der Waals surface area contributed by atoms with Crippen LogP contribution in [0.3, 0.4) is 0 Å². The second-order valence-electron chi connectivity index (χ2n) is 9.16. The van der Waals surface area contributed by atoms with Crippen molar-refractivity contribution in [3.63, 3.8) is 0 Å². The van der Waals surface area contributed by atoms with Crippen LogP contribution in [0, 0.1) is 0 Å². The normalized spacial score (nSPS) is 11.2. The van der Waals surface area contributed by atoms with E-state index < -0.39 is 0 Å². The summed E-state index contributed by atoms with van der Waals surface area (Å²) in [5, 5.41) is 6.60. The molecule has 0 amide bonds. The lowest BCUT2D eigenvalue weighted by Gasteiger charge is -2.18. The second kappa shape index (κ2) is 8.92. The Morgan fingerprint density at radius 3 is 1.78 bits per heavy atom. The van der Waals surface area contributed by atoms with E-state index in [4.69, 9.17) is 4.74 Å². The molecule has 1 heterocycles. The first-order chi connectivity index (χ1) is 18.4. The zero-order valence-electron chi connectivity index (χ0n) is 20.1. The fourth-order valence-electron chi connectivity index (χ4n) is 5.35. The van der Waals surface area contributed by atoms with E-state index in [9.17, 15) is 0 Å². The van der Waals surface area contributed by atoms with Gasteiger partial charge in [0.1, 0.15) is 11.5 Å². The minimum Gasteiger partial charge on any atom is -0.455 e. The van der Waals surface area contributed by atoms with Crippen molar-refractivity contribution in [2.75, 3.05) is 0 Å². The van der Waals surface area contributed by atoms with Gasteiger partial charge in [-0.05, 0) is 45.2 Å². The lowest BCUT2D eigenvalue weighted by atomic mass is 9.92. The van der Waals surface area contributed by atoms with Crippen LogP contribution in [0.1, 0.15) is 0 Å². The molecule has 6 aromatic carbocycles. The molecule has 174 valence electrons. The van der Waals surface area contributed by atoms with Crippen molar-refractivity contribution in [3.8, 4) is 33.8 Å². The molecule has 0 N–H and O–H groups in total. The monoisotopic (exact) mass is 473 g/mol. The van der Waals surface area contributed by atoms with Gasteiger partial charge in [-0.15, -0.1) is 0 Å². The van der Waals surface area contributed by atoms with Gasteiger partial charge in [0, 0.05) is 33.9 Å². The summed E-state index contributed by atoms with van der Waals surface area (Å²) >= 11 is 0. The van der Waals surface area contributed by atoms with Gasteiger partial charge >= 0.3 is 0 Å². The van der Waals surface area contributed by atoms with E-state index in [2.05, 4.69) is 120 Å². The van der Waals surface area contributed by atoms with Crippen molar-refractivity contribution >= 4 is 32.3 Å². The van der Waals surface area contributed by atoms with Crippen molar-refractivity contribution in [1.82, 2.24) is 4.98 Å². The largest absolute Gasteiger partial charge is 0.455 e. The number of fused-ring (bicyclic) bond motifs is 3. The summed E-state index contributed by atoms with van der Waals surface area (Å²) in [4.78, 5) is 4.49. The number of benzene rings is 6. The van der Waals surface area contributed by atoms with Gasteiger partial charge in [0.05, 0.1) is 0 Å². The van der Waals surface area contributed by atoms with Gasteiger partial charge in [0.25, 0.3) is 0 Å². The molecule has 0 aliphatic heterocycles. The smallest absolute Gasteiger partial charge is 0.143 e. The SMILES string of the molecule is c1ccc(-c2ccc(Oc3c4ccccc4c(-c4ccccc4)c4cnccc34)c3ccccc23)cc1. The number of pyridine rings is 1. The molecule has 0 saturated carbocycles. The summed E-state index contributed by atoms with van der Waals surface area (Å²) in [5.74, 6) is 1.69. The molecule has 0 saturated heterocycles. The zero-order valence-corrected chi connectivity index (χ0v) is 20.1. The molecule has 1 aromatic heterocycles. The number of hydrogen-bond acceptors (Lipinski definition) is 2. The fourth-order valence-corrected chi connectivity index (χ4v) is 5.35. The van der Waals surface area contributed by atoms with Crippen LogP contribution in [0.25, 0.3) is 54.6 Å². The number of nitrogens with zero attached hydrogens (tertiary/aromatic N) is 1. The van der Waals surface area contributed by atoms with Crippen LogP contribution in [-0.4, -0.2) is 4.98 Å². The first-order valence-electron chi connectivity index (χ1n) is 12.5. The first-order valence-corrected chi connectivity index (χ1v) is 12.5. The Morgan fingerprint density at radius 1 is 0.432 bits per heavy atom. The van der Waals surface area contributed by atoms with E-state index >= 15 is 0 Å². The van der Waals surface area contributed by atoms with Crippen LogP contribution in [0.5, 0.6) is 11.5 Å². The first kappa shape index (κ1) is 21.3. The average Bonchev–Trinajstić information content (AvgIpc) is 2.98. The summed E-state index contributed by atoms with van der Waals surface area (Å²) in [5.41, 5.74) is 4.73. The van der Waals surface area contributed by atoms with Crippen LogP contribution in [0.2, 0.25) is 0 Å². The van der Waals surface area contributed by atoms with Crippen LogP contribution < -0.4 is 4.74 Å². The van der Waals surface area contributed by atoms with E-state index in [1.165, 1.54) is 27.6 Å². The summed E-state index contributed by atoms with van der Waals surface area (Å²) in [7, 11) is 0. The summed E-state index contributed by atoms with van der Waals surface area (Å²) < 4.78 is 6.87. The van der Waals surface area contributed by atoms with Gasteiger partial charge in [0.15, 0.2) is 0 Å². The highest BCUT2D eigenvalue weighted by atomic mass is 16.5. The zero-order chi connectivity index (χ0) is 24.6. The third-order valence-electron chi connectivity index (χ3n) is 7.02. The lowest BCUT2D eigenvalue weighted by Crippen LogP contribution is -1.94. The van der Waals surface area contributed by atoms with Crippen LogP contribution in [-0.2, 0) is 0 Å². The van der Waals surface area contributed by atoms with Gasteiger partial charge in [-0.25, -0.2) is 0 Å². The quantitative estimate of drug-likeness (QED) is 0.237. The minimum absolute atomic E-state index is 0.839. The second-order valence-corrected chi connectivity index (χ2v) is 9.16. The molecular weight excluding hydrogens is 450 g/mol.